The molecule has 1 aliphatic heterocycles. The van der Waals surface area contributed by atoms with Crippen LogP contribution in [0, 0.1) is 5.92 Å². The molecule has 0 spiro atoms. The van der Waals surface area contributed by atoms with Crippen molar-refractivity contribution in [2.45, 2.75) is 19.3 Å². The fourth-order valence-electron chi connectivity index (χ4n) is 1.61. The van der Waals surface area contributed by atoms with E-state index in [2.05, 4.69) is 10.6 Å². The predicted octanol–water partition coefficient (Wildman–Crippen LogP) is 0.139. The van der Waals surface area contributed by atoms with Crippen LogP contribution in [0.1, 0.15) is 19.3 Å². The Kier molecular flexibility index (Phi) is 5.56. The molecule has 0 aromatic heterocycles. The Morgan fingerprint density at radius 3 is 2.71 bits per heavy atom. The number of ether oxygens (including phenoxy) is 1. The highest BCUT2D eigenvalue weighted by molar-refractivity contribution is 5.76. The monoisotopic (exact) mass is 200 g/mol. The molecule has 0 aliphatic carbocycles. The van der Waals surface area contributed by atoms with Crippen LogP contribution in [-0.4, -0.2) is 39.3 Å². The summed E-state index contributed by atoms with van der Waals surface area (Å²) in [6.45, 7) is 3.18. The summed E-state index contributed by atoms with van der Waals surface area (Å²) >= 11 is 0. The first-order valence-electron chi connectivity index (χ1n) is 5.32. The van der Waals surface area contributed by atoms with Gasteiger partial charge in [0, 0.05) is 32.7 Å². The molecular formula is C10H20N2O2. The van der Waals surface area contributed by atoms with E-state index in [9.17, 15) is 4.79 Å². The second-order valence-electron chi connectivity index (χ2n) is 3.71. The van der Waals surface area contributed by atoms with Gasteiger partial charge in [-0.15, -0.1) is 0 Å². The molecule has 0 unspecified atom stereocenters. The number of hydrogen-bond donors (Lipinski definition) is 2. The molecule has 82 valence electrons. The molecule has 0 radical (unpaired) electrons. The molecule has 0 aromatic rings. The van der Waals surface area contributed by atoms with Gasteiger partial charge in [0.2, 0.25) is 5.91 Å². The molecule has 1 rings (SSSR count). The van der Waals surface area contributed by atoms with Gasteiger partial charge in [-0.1, -0.05) is 0 Å². The molecule has 1 saturated heterocycles. The van der Waals surface area contributed by atoms with E-state index in [-0.39, 0.29) is 5.91 Å². The maximum atomic E-state index is 11.4. The van der Waals surface area contributed by atoms with Crippen molar-refractivity contribution in [1.82, 2.24) is 10.6 Å². The van der Waals surface area contributed by atoms with Crippen molar-refractivity contribution < 1.29 is 9.53 Å². The van der Waals surface area contributed by atoms with Crippen LogP contribution in [0.25, 0.3) is 0 Å². The summed E-state index contributed by atoms with van der Waals surface area (Å²) in [5, 5.41) is 5.88. The lowest BCUT2D eigenvalue weighted by Crippen LogP contribution is -2.32. The van der Waals surface area contributed by atoms with Crippen LogP contribution in [-0.2, 0) is 9.53 Å². The van der Waals surface area contributed by atoms with Crippen molar-refractivity contribution in [3.63, 3.8) is 0 Å². The number of hydrogen-bond acceptors (Lipinski definition) is 3. The quantitative estimate of drug-likeness (QED) is 0.621. The Morgan fingerprint density at radius 1 is 1.36 bits per heavy atom. The van der Waals surface area contributed by atoms with Gasteiger partial charge in [-0.05, 0) is 25.8 Å². The number of carbonyl (C=O) groups is 1. The maximum Gasteiger partial charge on any atom is 0.220 e. The Labute approximate surface area is 85.4 Å². The van der Waals surface area contributed by atoms with Crippen LogP contribution in [0.15, 0.2) is 0 Å². The summed E-state index contributed by atoms with van der Waals surface area (Å²) in [4.78, 5) is 11.4. The maximum absolute atomic E-state index is 11.4. The van der Waals surface area contributed by atoms with Gasteiger partial charge in [-0.2, -0.15) is 0 Å². The van der Waals surface area contributed by atoms with E-state index in [4.69, 9.17) is 4.74 Å². The molecular weight excluding hydrogens is 180 g/mol. The highest BCUT2D eigenvalue weighted by Gasteiger charge is 2.16. The van der Waals surface area contributed by atoms with E-state index >= 15 is 0 Å². The standard InChI is InChI=1S/C10H20N2O2/c1-11-4-5-12-10(13)8-9-2-6-14-7-3-9/h9,11H,2-8H2,1H3,(H,12,13). The topological polar surface area (TPSA) is 50.4 Å². The summed E-state index contributed by atoms with van der Waals surface area (Å²) in [6, 6.07) is 0. The van der Waals surface area contributed by atoms with Crippen molar-refractivity contribution in [3.8, 4) is 0 Å². The third-order valence-electron chi connectivity index (χ3n) is 2.51. The minimum absolute atomic E-state index is 0.173. The van der Waals surface area contributed by atoms with Gasteiger partial charge in [0.1, 0.15) is 0 Å². The molecule has 0 aromatic carbocycles. The number of amides is 1. The van der Waals surface area contributed by atoms with Gasteiger partial charge >= 0.3 is 0 Å². The van der Waals surface area contributed by atoms with Crippen LogP contribution in [0.4, 0.5) is 0 Å². The smallest absolute Gasteiger partial charge is 0.220 e. The minimum atomic E-state index is 0.173. The lowest BCUT2D eigenvalue weighted by Gasteiger charge is -2.21. The fraction of sp³-hybridized carbons (Fsp3) is 0.900. The van der Waals surface area contributed by atoms with Crippen LogP contribution in [0.2, 0.25) is 0 Å². The molecule has 14 heavy (non-hydrogen) atoms. The SMILES string of the molecule is CNCCNC(=O)CC1CCOCC1. The van der Waals surface area contributed by atoms with Crippen molar-refractivity contribution in [3.05, 3.63) is 0 Å². The van der Waals surface area contributed by atoms with E-state index < -0.39 is 0 Å². The Bertz CT molecular complexity index is 168. The molecule has 1 aliphatic rings. The zero-order chi connectivity index (χ0) is 10.2. The van der Waals surface area contributed by atoms with Crippen LogP contribution < -0.4 is 10.6 Å². The van der Waals surface area contributed by atoms with E-state index in [0.717, 1.165) is 39.1 Å². The summed E-state index contributed by atoms with van der Waals surface area (Å²) in [7, 11) is 1.88. The van der Waals surface area contributed by atoms with Gasteiger partial charge in [0.15, 0.2) is 0 Å². The third kappa shape index (κ3) is 4.58. The fourth-order valence-corrected chi connectivity index (χ4v) is 1.61. The third-order valence-corrected chi connectivity index (χ3v) is 2.51. The zero-order valence-corrected chi connectivity index (χ0v) is 8.84. The van der Waals surface area contributed by atoms with Crippen molar-refractivity contribution in [2.24, 2.45) is 5.92 Å². The molecule has 1 heterocycles. The number of nitrogens with one attached hydrogen (secondary N) is 2. The predicted molar refractivity (Wildman–Crippen MR) is 55.1 cm³/mol. The van der Waals surface area contributed by atoms with Gasteiger partial charge in [-0.3, -0.25) is 4.79 Å². The summed E-state index contributed by atoms with van der Waals surface area (Å²) in [6.07, 6.45) is 2.71. The molecule has 4 nitrogen and oxygen atoms in total. The number of carbonyl (C=O) groups excluding carboxylic acids is 1. The highest BCUT2D eigenvalue weighted by Crippen LogP contribution is 2.17. The first-order chi connectivity index (χ1) is 6.83. The first kappa shape index (κ1) is 11.5. The van der Waals surface area contributed by atoms with Crippen molar-refractivity contribution in [2.75, 3.05) is 33.4 Å². The van der Waals surface area contributed by atoms with Gasteiger partial charge in [-0.25, -0.2) is 0 Å². The second kappa shape index (κ2) is 6.79. The Morgan fingerprint density at radius 2 is 2.07 bits per heavy atom. The second-order valence-corrected chi connectivity index (χ2v) is 3.71. The van der Waals surface area contributed by atoms with E-state index in [0.29, 0.717) is 12.3 Å². The minimum Gasteiger partial charge on any atom is -0.381 e. The largest absolute Gasteiger partial charge is 0.381 e. The van der Waals surface area contributed by atoms with Crippen molar-refractivity contribution in [1.29, 1.82) is 0 Å². The lowest BCUT2D eigenvalue weighted by atomic mass is 9.96. The van der Waals surface area contributed by atoms with Gasteiger partial charge < -0.3 is 15.4 Å². The molecule has 1 fully saturated rings. The summed E-state index contributed by atoms with van der Waals surface area (Å²) in [5.41, 5.74) is 0. The van der Waals surface area contributed by atoms with Gasteiger partial charge in [0.05, 0.1) is 0 Å². The average molecular weight is 200 g/mol. The van der Waals surface area contributed by atoms with Crippen LogP contribution in [0.3, 0.4) is 0 Å². The van der Waals surface area contributed by atoms with E-state index in [1.165, 1.54) is 0 Å². The molecule has 0 atom stereocenters. The zero-order valence-electron chi connectivity index (χ0n) is 8.84. The Balaban J connectivity index is 2.06. The molecule has 0 bridgehead atoms. The Hall–Kier alpha value is -0.610. The molecule has 1 amide bonds. The first-order valence-corrected chi connectivity index (χ1v) is 5.32. The molecule has 2 N–H and O–H groups in total. The van der Waals surface area contributed by atoms with Crippen LogP contribution >= 0.6 is 0 Å². The highest BCUT2D eigenvalue weighted by atomic mass is 16.5. The van der Waals surface area contributed by atoms with Gasteiger partial charge in [0.25, 0.3) is 0 Å². The van der Waals surface area contributed by atoms with Crippen LogP contribution in [0.5, 0.6) is 0 Å². The molecule has 0 saturated carbocycles. The van der Waals surface area contributed by atoms with Crippen molar-refractivity contribution >= 4 is 5.91 Å². The molecule has 4 heteroatoms. The number of likely N-dealkylation sites (N-methyl/N-ethyl adjacent to an activating group) is 1. The summed E-state index contributed by atoms with van der Waals surface area (Å²) in [5.74, 6) is 0.700. The van der Waals surface area contributed by atoms with E-state index in [1.54, 1.807) is 0 Å². The number of rotatable bonds is 5. The lowest BCUT2D eigenvalue weighted by molar-refractivity contribution is -0.122. The van der Waals surface area contributed by atoms with E-state index in [1.807, 2.05) is 7.05 Å². The average Bonchev–Trinajstić information content (AvgIpc) is 2.20. The normalized spacial score (nSPS) is 18.1. The summed E-state index contributed by atoms with van der Waals surface area (Å²) < 4.78 is 5.24.